The highest BCUT2D eigenvalue weighted by Gasteiger charge is 2.25. The number of carboxylic acid groups (broad SMARTS) is 1. The van der Waals surface area contributed by atoms with Gasteiger partial charge in [0.2, 0.25) is 0 Å². The van der Waals surface area contributed by atoms with Crippen molar-refractivity contribution >= 4 is 19.8 Å². The van der Waals surface area contributed by atoms with E-state index in [2.05, 4.69) is 9.05 Å². The van der Waals surface area contributed by atoms with Gasteiger partial charge in [-0.2, -0.15) is 0 Å². The quantitative estimate of drug-likeness (QED) is 0.599. The van der Waals surface area contributed by atoms with E-state index < -0.39 is 26.4 Å². The van der Waals surface area contributed by atoms with Crippen LogP contribution in [-0.4, -0.2) is 28.5 Å². The fourth-order valence-electron chi connectivity index (χ4n) is 0.326. The summed E-state index contributed by atoms with van der Waals surface area (Å²) in [7, 11) is -4.53. The van der Waals surface area contributed by atoms with Crippen molar-refractivity contribution in [2.45, 2.75) is 6.92 Å². The first-order valence-corrected chi connectivity index (χ1v) is 4.22. The number of aliphatic carboxylic acids is 1. The molecule has 2 N–H and O–H groups in total. The molecule has 0 aliphatic rings. The predicted molar refractivity (Wildman–Crippen MR) is 35.2 cm³/mol. The molecule has 8 heteroatoms. The molecule has 0 rings (SSSR count). The third-order valence-corrected chi connectivity index (χ3v) is 1.54. The molecule has 0 saturated heterocycles. The fourth-order valence-corrected chi connectivity index (χ4v) is 0.977. The largest absolute Gasteiger partial charge is 0.530 e. The first-order valence-electron chi connectivity index (χ1n) is 2.73. The summed E-state index contributed by atoms with van der Waals surface area (Å²) in [6.45, 7) is -0.103. The molecular weight excluding hydrogens is 191 g/mol. The van der Waals surface area contributed by atoms with E-state index in [-0.39, 0.29) is 0 Å². The topological polar surface area (TPSA) is 110 Å². The Balaban J connectivity index is 3.96. The Bertz CT molecular complexity index is 234. The van der Waals surface area contributed by atoms with E-state index in [9.17, 15) is 14.2 Å². The van der Waals surface area contributed by atoms with Crippen molar-refractivity contribution in [2.24, 2.45) is 0 Å². The molecule has 1 unspecified atom stereocenters. The van der Waals surface area contributed by atoms with Crippen LogP contribution >= 0.6 is 7.82 Å². The highest BCUT2D eigenvalue weighted by atomic mass is 31.2. The van der Waals surface area contributed by atoms with E-state index in [1.807, 2.05) is 0 Å². The molecule has 0 aliphatic heterocycles. The molecule has 0 aromatic heterocycles. The van der Waals surface area contributed by atoms with Crippen LogP contribution in [0.5, 0.6) is 0 Å². The monoisotopic (exact) mass is 198 g/mol. The van der Waals surface area contributed by atoms with Crippen molar-refractivity contribution in [3.05, 3.63) is 0 Å². The predicted octanol–water partition coefficient (Wildman–Crippen LogP) is -0.249. The Kier molecular flexibility index (Phi) is 3.88. The third kappa shape index (κ3) is 5.84. The van der Waals surface area contributed by atoms with E-state index in [4.69, 9.17) is 10.00 Å². The fraction of sp³-hybridized carbons (Fsp3) is 0.500. The van der Waals surface area contributed by atoms with Crippen molar-refractivity contribution < 1.29 is 33.2 Å². The van der Waals surface area contributed by atoms with E-state index in [0.717, 1.165) is 6.92 Å². The summed E-state index contributed by atoms with van der Waals surface area (Å²) in [4.78, 5) is 28.5. The molecule has 70 valence electrons. The lowest BCUT2D eigenvalue weighted by Crippen LogP contribution is -2.07. The van der Waals surface area contributed by atoms with Crippen molar-refractivity contribution in [2.75, 3.05) is 6.61 Å². The van der Waals surface area contributed by atoms with Crippen LogP contribution in [0.4, 0.5) is 0 Å². The molecule has 12 heavy (non-hydrogen) atoms. The number of phosphoric acid groups is 1. The minimum atomic E-state index is -4.53. The Morgan fingerprint density at radius 1 is 1.50 bits per heavy atom. The maximum atomic E-state index is 10.6. The van der Waals surface area contributed by atoms with Crippen LogP contribution in [0, 0.1) is 0 Å². The molecule has 0 aromatic carbocycles. The second-order valence-electron chi connectivity index (χ2n) is 1.72. The van der Waals surface area contributed by atoms with Gasteiger partial charge in [-0.3, -0.25) is 14.2 Å². The lowest BCUT2D eigenvalue weighted by atomic mass is 10.8. The normalized spacial score (nSPS) is 14.8. The summed E-state index contributed by atoms with van der Waals surface area (Å²) < 4.78 is 18.2. The molecular formula is C4H7O7P. The zero-order chi connectivity index (χ0) is 9.78. The molecule has 7 nitrogen and oxygen atoms in total. The molecule has 0 amide bonds. The molecule has 0 aromatic rings. The molecule has 0 fully saturated rings. The van der Waals surface area contributed by atoms with Gasteiger partial charge in [-0.05, 0) is 0 Å². The zero-order valence-corrected chi connectivity index (χ0v) is 6.98. The summed E-state index contributed by atoms with van der Waals surface area (Å²) in [5, 5.41) is 8.01. The zero-order valence-electron chi connectivity index (χ0n) is 6.09. The van der Waals surface area contributed by atoms with Gasteiger partial charge in [-0.15, -0.1) is 0 Å². The lowest BCUT2D eigenvalue weighted by Gasteiger charge is -2.07. The van der Waals surface area contributed by atoms with Crippen LogP contribution in [-0.2, 0) is 23.2 Å². The van der Waals surface area contributed by atoms with Crippen LogP contribution in [0.1, 0.15) is 6.92 Å². The van der Waals surface area contributed by atoms with Gasteiger partial charge in [0.15, 0.2) is 6.61 Å². The molecule has 1 atom stereocenters. The number of carboxylic acids is 1. The Labute approximate surface area is 67.5 Å². The van der Waals surface area contributed by atoms with Gasteiger partial charge in [0, 0.05) is 6.92 Å². The molecule has 0 bridgehead atoms. The van der Waals surface area contributed by atoms with Crippen molar-refractivity contribution in [1.82, 2.24) is 0 Å². The molecule has 0 saturated carbocycles. The highest BCUT2D eigenvalue weighted by molar-refractivity contribution is 7.48. The van der Waals surface area contributed by atoms with Crippen LogP contribution in [0.25, 0.3) is 0 Å². The van der Waals surface area contributed by atoms with Gasteiger partial charge >= 0.3 is 19.8 Å². The Morgan fingerprint density at radius 3 is 2.33 bits per heavy atom. The van der Waals surface area contributed by atoms with Crippen LogP contribution < -0.4 is 0 Å². The summed E-state index contributed by atoms with van der Waals surface area (Å²) >= 11 is 0. The van der Waals surface area contributed by atoms with E-state index in [1.54, 1.807) is 0 Å². The second-order valence-corrected chi connectivity index (χ2v) is 3.10. The first kappa shape index (κ1) is 11.1. The van der Waals surface area contributed by atoms with Crippen LogP contribution in [0.3, 0.4) is 0 Å². The smallest absolute Gasteiger partial charge is 0.480 e. The highest BCUT2D eigenvalue weighted by Crippen LogP contribution is 2.42. The van der Waals surface area contributed by atoms with Gasteiger partial charge in [0.1, 0.15) is 0 Å². The summed E-state index contributed by atoms with van der Waals surface area (Å²) in [6.07, 6.45) is 0. The average molecular weight is 198 g/mol. The summed E-state index contributed by atoms with van der Waals surface area (Å²) in [6, 6.07) is 0. The number of hydrogen-bond acceptors (Lipinski definition) is 5. The average Bonchev–Trinajstić information content (AvgIpc) is 1.81. The number of rotatable bonds is 4. The molecule has 0 aliphatic carbocycles. The number of carbonyl (C=O) groups is 2. The van der Waals surface area contributed by atoms with Crippen molar-refractivity contribution in [1.29, 1.82) is 0 Å². The van der Waals surface area contributed by atoms with Gasteiger partial charge in [-0.1, -0.05) is 0 Å². The SMILES string of the molecule is CC(=O)OP(=O)(O)OCC(=O)O. The molecule has 0 spiro atoms. The summed E-state index contributed by atoms with van der Waals surface area (Å²) in [5.74, 6) is -2.46. The second kappa shape index (κ2) is 4.20. The van der Waals surface area contributed by atoms with Crippen molar-refractivity contribution in [3.8, 4) is 0 Å². The van der Waals surface area contributed by atoms with E-state index in [0.29, 0.717) is 0 Å². The van der Waals surface area contributed by atoms with Gasteiger partial charge in [-0.25, -0.2) is 9.36 Å². The maximum absolute atomic E-state index is 10.6. The number of phosphoric ester groups is 1. The van der Waals surface area contributed by atoms with Crippen LogP contribution in [0.2, 0.25) is 0 Å². The van der Waals surface area contributed by atoms with E-state index >= 15 is 0 Å². The van der Waals surface area contributed by atoms with Gasteiger partial charge in [0.25, 0.3) is 0 Å². The molecule has 0 heterocycles. The van der Waals surface area contributed by atoms with Crippen molar-refractivity contribution in [3.63, 3.8) is 0 Å². The third-order valence-electron chi connectivity index (χ3n) is 0.595. The maximum Gasteiger partial charge on any atom is 0.530 e. The Hall–Kier alpha value is -0.910. The lowest BCUT2D eigenvalue weighted by molar-refractivity contribution is -0.141. The van der Waals surface area contributed by atoms with Gasteiger partial charge < -0.3 is 9.63 Å². The standard InChI is InChI=1S/C4H7O7P/c1-3(5)11-12(8,9)10-2-4(6)7/h2H2,1H3,(H,6,7)(H,8,9). The molecule has 0 radical (unpaired) electrons. The van der Waals surface area contributed by atoms with Gasteiger partial charge in [0.05, 0.1) is 0 Å². The number of carbonyl (C=O) groups excluding carboxylic acids is 1. The minimum Gasteiger partial charge on any atom is -0.480 e. The summed E-state index contributed by atoms with van der Waals surface area (Å²) in [5.41, 5.74) is 0. The van der Waals surface area contributed by atoms with E-state index in [1.165, 1.54) is 0 Å². The Morgan fingerprint density at radius 2 is 2.00 bits per heavy atom. The van der Waals surface area contributed by atoms with Crippen LogP contribution in [0.15, 0.2) is 0 Å². The first-order chi connectivity index (χ1) is 5.33. The number of hydrogen-bond donors (Lipinski definition) is 2. The minimum absolute atomic E-state index is 0.896.